The van der Waals surface area contributed by atoms with Gasteiger partial charge < -0.3 is 10.2 Å². The third-order valence-electron chi connectivity index (χ3n) is 6.92. The molecule has 0 aliphatic heterocycles. The first-order valence-electron chi connectivity index (χ1n) is 12.9. The van der Waals surface area contributed by atoms with E-state index >= 15 is 0 Å². The largest absolute Gasteiger partial charge is 0.352 e. The lowest BCUT2D eigenvalue weighted by atomic mass is 9.95. The van der Waals surface area contributed by atoms with Crippen LogP contribution < -0.4 is 9.62 Å². The Bertz CT molecular complexity index is 1160. The van der Waals surface area contributed by atoms with E-state index in [1.807, 2.05) is 43.3 Å². The predicted molar refractivity (Wildman–Crippen MR) is 152 cm³/mol. The van der Waals surface area contributed by atoms with Crippen LogP contribution in [0.3, 0.4) is 0 Å². The molecule has 0 radical (unpaired) electrons. The number of rotatable bonds is 11. The summed E-state index contributed by atoms with van der Waals surface area (Å²) in [6.07, 6.45) is 7.02. The van der Waals surface area contributed by atoms with Gasteiger partial charge in [-0.15, -0.1) is 0 Å². The van der Waals surface area contributed by atoms with Crippen LogP contribution in [0, 0.1) is 6.92 Å². The fraction of sp³-hybridized carbons (Fsp3) is 0.500. The minimum Gasteiger partial charge on any atom is -0.352 e. The van der Waals surface area contributed by atoms with Crippen molar-refractivity contribution in [3.05, 3.63) is 64.1 Å². The van der Waals surface area contributed by atoms with E-state index in [2.05, 4.69) is 21.2 Å². The van der Waals surface area contributed by atoms with Gasteiger partial charge in [-0.2, -0.15) is 0 Å². The van der Waals surface area contributed by atoms with Crippen molar-refractivity contribution in [2.24, 2.45) is 0 Å². The van der Waals surface area contributed by atoms with Crippen LogP contribution in [0.1, 0.15) is 63.0 Å². The molecule has 0 bridgehead atoms. The highest BCUT2D eigenvalue weighted by Crippen LogP contribution is 2.23. The van der Waals surface area contributed by atoms with Gasteiger partial charge in [-0.25, -0.2) is 8.42 Å². The first kappa shape index (κ1) is 29.2. The summed E-state index contributed by atoms with van der Waals surface area (Å²) in [7, 11) is -3.52. The molecule has 3 rings (SSSR count). The Morgan fingerprint density at radius 1 is 1.05 bits per heavy atom. The lowest BCUT2D eigenvalue weighted by Gasteiger charge is -2.31. The third kappa shape index (κ3) is 8.57. The Morgan fingerprint density at radius 2 is 1.70 bits per heavy atom. The van der Waals surface area contributed by atoms with Crippen LogP contribution in [-0.2, 0) is 26.2 Å². The molecule has 2 amide bonds. The second-order valence-electron chi connectivity index (χ2n) is 9.89. The molecule has 37 heavy (non-hydrogen) atoms. The fourth-order valence-corrected chi connectivity index (χ4v) is 6.05. The minimum atomic E-state index is -3.52. The first-order chi connectivity index (χ1) is 17.6. The molecular formula is C28H38BrN3O4S. The quantitative estimate of drug-likeness (QED) is 0.390. The first-order valence-corrected chi connectivity index (χ1v) is 15.6. The number of halogens is 1. The van der Waals surface area contributed by atoms with E-state index in [1.165, 1.54) is 17.0 Å². The number of para-hydroxylation sites is 1. The summed E-state index contributed by atoms with van der Waals surface area (Å²) in [5.74, 6) is -0.317. The average molecular weight is 593 g/mol. The van der Waals surface area contributed by atoms with Crippen molar-refractivity contribution < 1.29 is 18.0 Å². The van der Waals surface area contributed by atoms with Gasteiger partial charge >= 0.3 is 0 Å². The van der Waals surface area contributed by atoms with Gasteiger partial charge in [0.15, 0.2) is 0 Å². The molecule has 202 valence electrons. The van der Waals surface area contributed by atoms with Crippen LogP contribution in [0.25, 0.3) is 0 Å². The number of nitrogens with zero attached hydrogens (tertiary/aromatic N) is 2. The molecule has 1 aliphatic rings. The van der Waals surface area contributed by atoms with Gasteiger partial charge in [-0.05, 0) is 62.4 Å². The van der Waals surface area contributed by atoms with Gasteiger partial charge in [0.25, 0.3) is 0 Å². The van der Waals surface area contributed by atoms with Crippen molar-refractivity contribution in [2.75, 3.05) is 17.1 Å². The summed E-state index contributed by atoms with van der Waals surface area (Å²) in [5.41, 5.74) is 2.39. The zero-order valence-electron chi connectivity index (χ0n) is 22.0. The second kappa shape index (κ2) is 13.4. The van der Waals surface area contributed by atoms with Gasteiger partial charge in [0.2, 0.25) is 21.8 Å². The van der Waals surface area contributed by atoms with Crippen molar-refractivity contribution in [1.82, 2.24) is 10.2 Å². The predicted octanol–water partition coefficient (Wildman–Crippen LogP) is 5.17. The maximum absolute atomic E-state index is 13.5. The molecule has 2 aromatic rings. The number of hydrogen-bond acceptors (Lipinski definition) is 4. The van der Waals surface area contributed by atoms with E-state index in [4.69, 9.17) is 0 Å². The number of aryl methyl sites for hydroxylation is 1. The average Bonchev–Trinajstić information content (AvgIpc) is 2.86. The summed E-state index contributed by atoms with van der Waals surface area (Å²) in [5, 5.41) is 3.14. The zero-order valence-corrected chi connectivity index (χ0v) is 24.4. The third-order valence-corrected chi connectivity index (χ3v) is 8.63. The van der Waals surface area contributed by atoms with E-state index in [0.717, 1.165) is 41.3 Å². The number of nitrogens with one attached hydrogen (secondary N) is 1. The molecule has 1 fully saturated rings. The van der Waals surface area contributed by atoms with Crippen LogP contribution in [-0.4, -0.2) is 50.0 Å². The summed E-state index contributed by atoms with van der Waals surface area (Å²) in [4.78, 5) is 28.2. The molecule has 0 aromatic heterocycles. The number of hydrogen-bond donors (Lipinski definition) is 1. The van der Waals surface area contributed by atoms with Gasteiger partial charge in [0, 0.05) is 30.0 Å². The second-order valence-corrected chi connectivity index (χ2v) is 12.7. The monoisotopic (exact) mass is 591 g/mol. The van der Waals surface area contributed by atoms with Crippen LogP contribution in [0.15, 0.2) is 53.0 Å². The number of benzene rings is 2. The lowest BCUT2D eigenvalue weighted by molar-refractivity contribution is -0.141. The van der Waals surface area contributed by atoms with E-state index in [-0.39, 0.29) is 30.8 Å². The summed E-state index contributed by atoms with van der Waals surface area (Å²) < 4.78 is 27.3. The molecule has 9 heteroatoms. The van der Waals surface area contributed by atoms with Crippen molar-refractivity contribution in [3.63, 3.8) is 0 Å². The molecule has 0 heterocycles. The minimum absolute atomic E-state index is 0.134. The van der Waals surface area contributed by atoms with E-state index in [1.54, 1.807) is 24.0 Å². The van der Waals surface area contributed by atoms with Gasteiger partial charge in [-0.3, -0.25) is 13.9 Å². The Balaban J connectivity index is 1.71. The number of amides is 2. The smallest absolute Gasteiger partial charge is 0.242 e. The maximum atomic E-state index is 13.5. The zero-order chi connectivity index (χ0) is 27.0. The molecule has 7 nitrogen and oxygen atoms in total. The fourth-order valence-electron chi connectivity index (χ4n) is 4.76. The maximum Gasteiger partial charge on any atom is 0.242 e. The molecule has 1 atom stereocenters. The molecule has 0 spiro atoms. The SMILES string of the molecule is Cc1ccccc1N(CCCC(=O)N(Cc1ccc(Br)cc1)[C@@H](C)C(=O)NC1CCCCC1)S(C)(=O)=O. The van der Waals surface area contributed by atoms with E-state index < -0.39 is 16.1 Å². The molecule has 1 saturated carbocycles. The van der Waals surface area contributed by atoms with Crippen molar-refractivity contribution in [3.8, 4) is 0 Å². The Labute approximate surface area is 229 Å². The van der Waals surface area contributed by atoms with Crippen LogP contribution >= 0.6 is 15.9 Å². The Morgan fingerprint density at radius 3 is 2.32 bits per heavy atom. The number of anilines is 1. The van der Waals surface area contributed by atoms with E-state index in [9.17, 15) is 18.0 Å². The highest BCUT2D eigenvalue weighted by Gasteiger charge is 2.28. The molecule has 0 unspecified atom stereocenters. The number of carbonyl (C=O) groups is 2. The topological polar surface area (TPSA) is 86.8 Å². The van der Waals surface area contributed by atoms with Crippen LogP contribution in [0.5, 0.6) is 0 Å². The van der Waals surface area contributed by atoms with Gasteiger partial charge in [-0.1, -0.05) is 65.5 Å². The normalized spacial score (nSPS) is 15.1. The Hall–Kier alpha value is -2.39. The van der Waals surface area contributed by atoms with Gasteiger partial charge in [0.05, 0.1) is 11.9 Å². The highest BCUT2D eigenvalue weighted by molar-refractivity contribution is 9.10. The molecule has 0 saturated heterocycles. The van der Waals surface area contributed by atoms with Crippen LogP contribution in [0.4, 0.5) is 5.69 Å². The summed E-state index contributed by atoms with van der Waals surface area (Å²) in [6, 6.07) is 14.5. The summed E-state index contributed by atoms with van der Waals surface area (Å²) >= 11 is 3.44. The van der Waals surface area contributed by atoms with E-state index in [0.29, 0.717) is 18.7 Å². The standard InChI is InChI=1S/C28H38BrN3O4S/c1-21-10-7-8-13-26(21)32(37(3,35)36)19-9-14-27(33)31(20-23-15-17-24(29)18-16-23)22(2)28(34)30-25-11-5-4-6-12-25/h7-8,10,13,15-18,22,25H,4-6,9,11-12,14,19-20H2,1-3H3,(H,30,34)/t22-/m0/s1. The molecule has 1 N–H and O–H groups in total. The summed E-state index contributed by atoms with van der Waals surface area (Å²) in [6.45, 7) is 4.12. The van der Waals surface area contributed by atoms with Gasteiger partial charge in [0.1, 0.15) is 6.04 Å². The number of carbonyl (C=O) groups excluding carboxylic acids is 2. The highest BCUT2D eigenvalue weighted by atomic mass is 79.9. The molecule has 1 aliphatic carbocycles. The van der Waals surface area contributed by atoms with Crippen molar-refractivity contribution in [2.45, 2.75) is 77.4 Å². The molecular weight excluding hydrogens is 554 g/mol. The van der Waals surface area contributed by atoms with Crippen molar-refractivity contribution in [1.29, 1.82) is 0 Å². The van der Waals surface area contributed by atoms with Crippen molar-refractivity contribution >= 4 is 43.5 Å². The van der Waals surface area contributed by atoms with Crippen LogP contribution in [0.2, 0.25) is 0 Å². The molecule has 2 aromatic carbocycles. The lowest BCUT2D eigenvalue weighted by Crippen LogP contribution is -2.50. The number of sulfonamides is 1. The Kier molecular flexibility index (Phi) is 10.6.